The molecule has 3 rings (SSSR count). The van der Waals surface area contributed by atoms with Crippen LogP contribution in [0.3, 0.4) is 0 Å². The van der Waals surface area contributed by atoms with Gasteiger partial charge in [0.15, 0.2) is 0 Å². The molecule has 132 valence electrons. The van der Waals surface area contributed by atoms with Crippen molar-refractivity contribution in [2.45, 2.75) is 39.2 Å². The molecular formula is C18H27ClN4O. The summed E-state index contributed by atoms with van der Waals surface area (Å²) < 4.78 is 1.62. The number of rotatable bonds is 3. The van der Waals surface area contributed by atoms with Crippen LogP contribution in [0.15, 0.2) is 23.0 Å². The van der Waals surface area contributed by atoms with Gasteiger partial charge in [0.05, 0.1) is 10.9 Å². The van der Waals surface area contributed by atoms with Crippen LogP contribution in [0, 0.1) is 0 Å². The molecule has 1 aromatic heterocycles. The molecule has 6 heteroatoms. The Labute approximate surface area is 148 Å². The maximum Gasteiger partial charge on any atom is 0.261 e. The smallest absolute Gasteiger partial charge is 0.261 e. The second-order valence-corrected chi connectivity index (χ2v) is 6.65. The number of unbranched alkanes of at least 4 members (excludes halogenated alkanes) is 1. The van der Waals surface area contributed by atoms with Gasteiger partial charge in [-0.2, -0.15) is 0 Å². The third kappa shape index (κ3) is 5.03. The minimum Gasteiger partial charge on any atom is -0.314 e. The number of aromatic nitrogens is 2. The normalized spacial score (nSPS) is 17.4. The Morgan fingerprint density at radius 1 is 1.38 bits per heavy atom. The van der Waals surface area contributed by atoms with Crippen LogP contribution < -0.4 is 16.2 Å². The van der Waals surface area contributed by atoms with Crippen molar-refractivity contribution in [3.8, 4) is 0 Å². The van der Waals surface area contributed by atoms with E-state index in [1.165, 1.54) is 0 Å². The summed E-state index contributed by atoms with van der Waals surface area (Å²) in [4.78, 5) is 16.6. The Hall–Kier alpha value is -1.43. The van der Waals surface area contributed by atoms with Crippen LogP contribution in [-0.4, -0.2) is 35.2 Å². The van der Waals surface area contributed by atoms with Crippen LogP contribution in [-0.2, 0) is 13.5 Å². The average molecular weight is 351 g/mol. The quantitative estimate of drug-likeness (QED) is 0.893. The summed E-state index contributed by atoms with van der Waals surface area (Å²) >= 11 is 5.89. The van der Waals surface area contributed by atoms with Crippen molar-refractivity contribution in [2.75, 3.05) is 19.6 Å². The third-order valence-corrected chi connectivity index (χ3v) is 4.36. The predicted octanol–water partition coefficient (Wildman–Crippen LogP) is 2.50. The predicted molar refractivity (Wildman–Crippen MR) is 101 cm³/mol. The van der Waals surface area contributed by atoms with E-state index in [0.717, 1.165) is 50.2 Å². The number of nitrogens with one attached hydrogen (secondary N) is 2. The molecule has 0 amide bonds. The highest BCUT2D eigenvalue weighted by atomic mass is 35.5. The summed E-state index contributed by atoms with van der Waals surface area (Å²) in [6.07, 6.45) is 2.97. The highest BCUT2D eigenvalue weighted by Crippen LogP contribution is 2.15. The van der Waals surface area contributed by atoms with Crippen LogP contribution in [0.1, 0.15) is 32.5 Å². The van der Waals surface area contributed by atoms with Crippen molar-refractivity contribution in [2.24, 2.45) is 7.05 Å². The highest BCUT2D eigenvalue weighted by Gasteiger charge is 2.08. The van der Waals surface area contributed by atoms with E-state index >= 15 is 0 Å². The average Bonchev–Trinajstić information content (AvgIpc) is 2.59. The number of piperazine rings is 1. The van der Waals surface area contributed by atoms with Crippen LogP contribution in [0.5, 0.6) is 0 Å². The minimum atomic E-state index is -0.0244. The summed E-state index contributed by atoms with van der Waals surface area (Å²) in [5.74, 6) is 0.840. The van der Waals surface area contributed by atoms with Crippen LogP contribution in [0.2, 0.25) is 5.02 Å². The Morgan fingerprint density at radius 2 is 2.17 bits per heavy atom. The highest BCUT2D eigenvalue weighted by molar-refractivity contribution is 6.31. The van der Waals surface area contributed by atoms with E-state index in [-0.39, 0.29) is 5.56 Å². The SMILES string of the molecule is CC1CNCCN1.CCCCc1nc2ccc(Cl)cc2c(=O)n1C. The van der Waals surface area contributed by atoms with Crippen LogP contribution in [0.4, 0.5) is 0 Å². The molecule has 1 aromatic carbocycles. The molecule has 0 spiro atoms. The molecule has 1 aliphatic rings. The molecule has 0 radical (unpaired) electrons. The number of benzene rings is 1. The maximum atomic E-state index is 12.1. The molecule has 2 N–H and O–H groups in total. The Kier molecular flexibility index (Phi) is 7.21. The van der Waals surface area contributed by atoms with Gasteiger partial charge in [-0.1, -0.05) is 24.9 Å². The Balaban J connectivity index is 0.000000249. The van der Waals surface area contributed by atoms with Gasteiger partial charge >= 0.3 is 0 Å². The van der Waals surface area contributed by atoms with Crippen LogP contribution in [0.25, 0.3) is 10.9 Å². The molecular weight excluding hydrogens is 324 g/mol. The molecule has 1 unspecified atom stereocenters. The fraction of sp³-hybridized carbons (Fsp3) is 0.556. The zero-order chi connectivity index (χ0) is 17.5. The molecule has 1 aliphatic heterocycles. The molecule has 0 saturated carbocycles. The first-order chi connectivity index (χ1) is 11.5. The van der Waals surface area contributed by atoms with Gasteiger partial charge in [0.25, 0.3) is 5.56 Å². The first kappa shape index (κ1) is 18.9. The fourth-order valence-electron chi connectivity index (χ4n) is 2.65. The molecule has 0 bridgehead atoms. The van der Waals surface area contributed by atoms with Crippen molar-refractivity contribution in [1.82, 2.24) is 20.2 Å². The number of aryl methyl sites for hydroxylation is 1. The lowest BCUT2D eigenvalue weighted by atomic mass is 10.2. The van der Waals surface area contributed by atoms with Crippen molar-refractivity contribution < 1.29 is 0 Å². The molecule has 2 heterocycles. The summed E-state index contributed by atoms with van der Waals surface area (Å²) in [6, 6.07) is 5.92. The number of hydrogen-bond donors (Lipinski definition) is 2. The lowest BCUT2D eigenvalue weighted by molar-refractivity contribution is 0.442. The van der Waals surface area contributed by atoms with E-state index in [1.54, 1.807) is 29.8 Å². The first-order valence-electron chi connectivity index (χ1n) is 8.62. The van der Waals surface area contributed by atoms with E-state index in [2.05, 4.69) is 29.5 Å². The van der Waals surface area contributed by atoms with Crippen molar-refractivity contribution in [3.05, 3.63) is 39.4 Å². The Bertz CT molecular complexity index is 723. The van der Waals surface area contributed by atoms with Gasteiger partial charge in [-0.05, 0) is 31.5 Å². The second-order valence-electron chi connectivity index (χ2n) is 6.22. The zero-order valence-corrected chi connectivity index (χ0v) is 15.5. The van der Waals surface area contributed by atoms with Crippen molar-refractivity contribution in [1.29, 1.82) is 0 Å². The van der Waals surface area contributed by atoms with Gasteiger partial charge in [0.2, 0.25) is 0 Å². The fourth-order valence-corrected chi connectivity index (χ4v) is 2.82. The van der Waals surface area contributed by atoms with Gasteiger partial charge in [-0.15, -0.1) is 0 Å². The van der Waals surface area contributed by atoms with E-state index in [0.29, 0.717) is 16.5 Å². The lowest BCUT2D eigenvalue weighted by Gasteiger charge is -2.19. The van der Waals surface area contributed by atoms with Gasteiger partial charge in [-0.3, -0.25) is 9.36 Å². The maximum absolute atomic E-state index is 12.1. The van der Waals surface area contributed by atoms with E-state index in [1.807, 2.05) is 0 Å². The van der Waals surface area contributed by atoms with Crippen molar-refractivity contribution >= 4 is 22.5 Å². The summed E-state index contributed by atoms with van der Waals surface area (Å²) in [6.45, 7) is 7.69. The van der Waals surface area contributed by atoms with E-state index < -0.39 is 0 Å². The van der Waals surface area contributed by atoms with Gasteiger partial charge in [0.1, 0.15) is 5.82 Å². The van der Waals surface area contributed by atoms with Gasteiger partial charge in [-0.25, -0.2) is 4.98 Å². The molecule has 0 aliphatic carbocycles. The standard InChI is InChI=1S/C13H15ClN2O.C5H12N2/c1-3-4-5-12-15-11-7-6-9(14)8-10(11)13(17)16(12)2;1-5-4-6-2-3-7-5/h6-8H,3-5H2,1-2H3;5-7H,2-4H2,1H3. The largest absolute Gasteiger partial charge is 0.314 e. The summed E-state index contributed by atoms with van der Waals surface area (Å²) in [5.41, 5.74) is 0.701. The number of fused-ring (bicyclic) bond motifs is 1. The first-order valence-corrected chi connectivity index (χ1v) is 9.00. The number of hydrogen-bond acceptors (Lipinski definition) is 4. The van der Waals surface area contributed by atoms with E-state index in [4.69, 9.17) is 11.6 Å². The third-order valence-electron chi connectivity index (χ3n) is 4.13. The second kappa shape index (κ2) is 9.16. The van der Waals surface area contributed by atoms with E-state index in [9.17, 15) is 4.79 Å². The molecule has 2 aromatic rings. The number of nitrogens with zero attached hydrogens (tertiary/aromatic N) is 2. The van der Waals surface area contributed by atoms with Gasteiger partial charge < -0.3 is 10.6 Å². The Morgan fingerprint density at radius 3 is 2.75 bits per heavy atom. The monoisotopic (exact) mass is 350 g/mol. The molecule has 1 fully saturated rings. The molecule has 24 heavy (non-hydrogen) atoms. The summed E-state index contributed by atoms with van der Waals surface area (Å²) in [5, 5.41) is 7.74. The van der Waals surface area contributed by atoms with Crippen molar-refractivity contribution in [3.63, 3.8) is 0 Å². The topological polar surface area (TPSA) is 59.0 Å². The molecule has 5 nitrogen and oxygen atoms in total. The molecule has 1 atom stereocenters. The lowest BCUT2D eigenvalue weighted by Crippen LogP contribution is -2.46. The zero-order valence-electron chi connectivity index (χ0n) is 14.7. The van der Waals surface area contributed by atoms with Gasteiger partial charge in [0, 0.05) is 44.2 Å². The molecule has 1 saturated heterocycles. The summed E-state index contributed by atoms with van der Waals surface area (Å²) in [7, 11) is 1.76. The number of halogens is 1. The minimum absolute atomic E-state index is 0.0244. The van der Waals surface area contributed by atoms with Crippen LogP contribution >= 0.6 is 11.6 Å².